The van der Waals surface area contributed by atoms with Gasteiger partial charge >= 0.3 is 0 Å². The van der Waals surface area contributed by atoms with Crippen molar-refractivity contribution in [2.75, 3.05) is 0 Å². The highest BCUT2D eigenvalue weighted by molar-refractivity contribution is 7.08. The summed E-state index contributed by atoms with van der Waals surface area (Å²) in [7, 11) is 0. The van der Waals surface area contributed by atoms with Gasteiger partial charge in [0.05, 0.1) is 6.07 Å². The zero-order chi connectivity index (χ0) is 14.3. The smallest absolute Gasteiger partial charge is 0.0621 e. The van der Waals surface area contributed by atoms with Crippen LogP contribution < -0.4 is 0 Å². The molecule has 0 aromatic carbocycles. The fourth-order valence-electron chi connectivity index (χ4n) is 2.36. The number of thiophene rings is 1. The molecule has 0 bridgehead atoms. The van der Waals surface area contributed by atoms with Gasteiger partial charge in [0.15, 0.2) is 0 Å². The Kier molecular flexibility index (Phi) is 6.66. The molecule has 0 saturated heterocycles. The van der Waals surface area contributed by atoms with Crippen molar-refractivity contribution < 1.29 is 0 Å². The minimum Gasteiger partial charge on any atom is -0.366 e. The first-order valence-corrected chi connectivity index (χ1v) is 7.90. The SMILES string of the molecule is CC(C)N(/C(=C/CCCC#N)c1ccsc1)C(C)C. The zero-order valence-corrected chi connectivity index (χ0v) is 13.2. The summed E-state index contributed by atoms with van der Waals surface area (Å²) in [6.07, 6.45) is 4.83. The number of nitrogens with zero attached hydrogens (tertiary/aromatic N) is 2. The molecule has 1 aromatic heterocycles. The number of allylic oxidation sites excluding steroid dienone is 1. The van der Waals surface area contributed by atoms with Gasteiger partial charge in [0.2, 0.25) is 0 Å². The summed E-state index contributed by atoms with van der Waals surface area (Å²) in [5.41, 5.74) is 2.61. The summed E-state index contributed by atoms with van der Waals surface area (Å²) >= 11 is 1.73. The zero-order valence-electron chi connectivity index (χ0n) is 12.4. The summed E-state index contributed by atoms with van der Waals surface area (Å²) in [6, 6.07) is 5.34. The van der Waals surface area contributed by atoms with Crippen LogP contribution in [0.5, 0.6) is 0 Å². The van der Waals surface area contributed by atoms with Crippen LogP contribution in [-0.2, 0) is 0 Å². The molecule has 0 spiro atoms. The quantitative estimate of drug-likeness (QED) is 0.662. The fraction of sp³-hybridized carbons (Fsp3) is 0.562. The molecule has 1 rings (SSSR count). The Morgan fingerprint density at radius 3 is 2.53 bits per heavy atom. The van der Waals surface area contributed by atoms with Crippen molar-refractivity contribution in [3.8, 4) is 6.07 Å². The van der Waals surface area contributed by atoms with Crippen LogP contribution >= 0.6 is 11.3 Å². The molecule has 0 unspecified atom stereocenters. The lowest BCUT2D eigenvalue weighted by atomic mass is 10.1. The fourth-order valence-corrected chi connectivity index (χ4v) is 3.00. The number of hydrogen-bond acceptors (Lipinski definition) is 3. The average Bonchev–Trinajstić information content (AvgIpc) is 2.85. The van der Waals surface area contributed by atoms with E-state index < -0.39 is 0 Å². The van der Waals surface area contributed by atoms with Crippen LogP contribution in [0.1, 0.15) is 52.5 Å². The lowest BCUT2D eigenvalue weighted by Crippen LogP contribution is -2.35. The van der Waals surface area contributed by atoms with Gasteiger partial charge in [-0.2, -0.15) is 16.6 Å². The normalized spacial score (nSPS) is 11.9. The average molecular weight is 276 g/mol. The molecule has 0 amide bonds. The van der Waals surface area contributed by atoms with E-state index in [0.29, 0.717) is 18.5 Å². The predicted molar refractivity (Wildman–Crippen MR) is 83.9 cm³/mol. The first-order valence-electron chi connectivity index (χ1n) is 6.96. The molecule has 0 fully saturated rings. The highest BCUT2D eigenvalue weighted by Crippen LogP contribution is 2.27. The second-order valence-electron chi connectivity index (χ2n) is 5.25. The third kappa shape index (κ3) is 4.72. The van der Waals surface area contributed by atoms with E-state index in [-0.39, 0.29) is 0 Å². The molecule has 3 heteroatoms. The third-order valence-corrected chi connectivity index (χ3v) is 3.72. The van der Waals surface area contributed by atoms with Crippen molar-refractivity contribution in [2.24, 2.45) is 0 Å². The molecule has 0 saturated carbocycles. The number of rotatable bonds is 7. The van der Waals surface area contributed by atoms with Crippen LogP contribution in [0.2, 0.25) is 0 Å². The summed E-state index contributed by atoms with van der Waals surface area (Å²) < 4.78 is 0. The minimum atomic E-state index is 0.474. The van der Waals surface area contributed by atoms with Gasteiger partial charge in [-0.3, -0.25) is 0 Å². The first kappa shape index (κ1) is 15.8. The molecule has 0 aliphatic carbocycles. The second-order valence-corrected chi connectivity index (χ2v) is 6.03. The van der Waals surface area contributed by atoms with Crippen LogP contribution in [0.4, 0.5) is 0 Å². The van der Waals surface area contributed by atoms with Crippen LogP contribution in [0.25, 0.3) is 5.70 Å². The Morgan fingerprint density at radius 2 is 2.05 bits per heavy atom. The number of hydrogen-bond donors (Lipinski definition) is 0. The molecular weight excluding hydrogens is 252 g/mol. The van der Waals surface area contributed by atoms with E-state index in [0.717, 1.165) is 12.8 Å². The van der Waals surface area contributed by atoms with E-state index in [9.17, 15) is 0 Å². The largest absolute Gasteiger partial charge is 0.366 e. The maximum atomic E-state index is 8.62. The molecule has 1 heterocycles. The summed E-state index contributed by atoms with van der Waals surface area (Å²) in [6.45, 7) is 8.93. The molecular formula is C16H24N2S. The van der Waals surface area contributed by atoms with Gasteiger partial charge in [0, 0.05) is 29.8 Å². The van der Waals surface area contributed by atoms with Gasteiger partial charge in [-0.25, -0.2) is 0 Å². The van der Waals surface area contributed by atoms with Gasteiger partial charge in [-0.15, -0.1) is 0 Å². The lowest BCUT2D eigenvalue weighted by Gasteiger charge is -2.35. The van der Waals surface area contributed by atoms with Crippen molar-refractivity contribution >= 4 is 17.0 Å². The molecule has 0 aliphatic rings. The summed E-state index contributed by atoms with van der Waals surface area (Å²) in [5, 5.41) is 12.9. The van der Waals surface area contributed by atoms with E-state index in [4.69, 9.17) is 5.26 Å². The molecule has 2 nitrogen and oxygen atoms in total. The Labute approximate surface area is 121 Å². The van der Waals surface area contributed by atoms with Crippen molar-refractivity contribution in [1.29, 1.82) is 5.26 Å². The first-order chi connectivity index (χ1) is 9.07. The van der Waals surface area contributed by atoms with E-state index in [1.807, 2.05) is 0 Å². The van der Waals surface area contributed by atoms with Crippen molar-refractivity contribution in [3.05, 3.63) is 28.5 Å². The van der Waals surface area contributed by atoms with Crippen LogP contribution in [0, 0.1) is 11.3 Å². The van der Waals surface area contributed by atoms with Gasteiger partial charge in [-0.1, -0.05) is 6.08 Å². The Balaban J connectivity index is 2.95. The number of unbranched alkanes of at least 4 members (excludes halogenated alkanes) is 2. The van der Waals surface area contributed by atoms with Crippen molar-refractivity contribution in [1.82, 2.24) is 4.90 Å². The second kappa shape index (κ2) is 8.01. The summed E-state index contributed by atoms with van der Waals surface area (Å²) in [4.78, 5) is 2.45. The van der Waals surface area contributed by atoms with Gasteiger partial charge in [-0.05, 0) is 57.4 Å². The molecule has 0 atom stereocenters. The Bertz CT molecular complexity index is 416. The molecule has 1 aromatic rings. The maximum Gasteiger partial charge on any atom is 0.0621 e. The van der Waals surface area contributed by atoms with E-state index in [1.54, 1.807) is 11.3 Å². The molecule has 19 heavy (non-hydrogen) atoms. The van der Waals surface area contributed by atoms with Gasteiger partial charge in [0.1, 0.15) is 0 Å². The van der Waals surface area contributed by atoms with Crippen LogP contribution in [0.3, 0.4) is 0 Å². The highest BCUT2D eigenvalue weighted by Gasteiger charge is 2.18. The predicted octanol–water partition coefficient (Wildman–Crippen LogP) is 4.90. The standard InChI is InChI=1S/C16H24N2S/c1-13(2)18(14(3)4)16(8-6-5-7-10-17)15-9-11-19-12-15/h8-9,11-14H,5-7H2,1-4H3/b16-8+. The van der Waals surface area contributed by atoms with Gasteiger partial charge in [0.25, 0.3) is 0 Å². The molecule has 0 N–H and O–H groups in total. The molecule has 104 valence electrons. The van der Waals surface area contributed by atoms with E-state index in [2.05, 4.69) is 61.6 Å². The summed E-state index contributed by atoms with van der Waals surface area (Å²) in [5.74, 6) is 0. The Morgan fingerprint density at radius 1 is 1.37 bits per heavy atom. The minimum absolute atomic E-state index is 0.474. The highest BCUT2D eigenvalue weighted by atomic mass is 32.1. The maximum absolute atomic E-state index is 8.62. The van der Waals surface area contributed by atoms with Crippen LogP contribution in [-0.4, -0.2) is 17.0 Å². The van der Waals surface area contributed by atoms with Crippen molar-refractivity contribution in [3.63, 3.8) is 0 Å². The van der Waals surface area contributed by atoms with E-state index in [1.165, 1.54) is 11.3 Å². The number of nitriles is 1. The third-order valence-electron chi connectivity index (χ3n) is 3.04. The topological polar surface area (TPSA) is 27.0 Å². The van der Waals surface area contributed by atoms with Crippen molar-refractivity contribution in [2.45, 2.75) is 59.0 Å². The Hall–Kier alpha value is -1.27. The monoisotopic (exact) mass is 276 g/mol. The molecule has 0 radical (unpaired) electrons. The van der Waals surface area contributed by atoms with Crippen LogP contribution in [0.15, 0.2) is 22.9 Å². The van der Waals surface area contributed by atoms with Gasteiger partial charge < -0.3 is 4.90 Å². The van der Waals surface area contributed by atoms with E-state index >= 15 is 0 Å². The lowest BCUT2D eigenvalue weighted by molar-refractivity contribution is 0.273. The molecule has 0 aliphatic heterocycles.